The van der Waals surface area contributed by atoms with E-state index < -0.39 is 0 Å². The summed E-state index contributed by atoms with van der Waals surface area (Å²) >= 11 is 6.04. The van der Waals surface area contributed by atoms with Crippen LogP contribution < -0.4 is 0 Å². The van der Waals surface area contributed by atoms with Crippen LogP contribution in [0.1, 0.15) is 24.2 Å². The van der Waals surface area contributed by atoms with Crippen LogP contribution in [0, 0.1) is 0 Å². The fourth-order valence-electron chi connectivity index (χ4n) is 3.49. The van der Waals surface area contributed by atoms with Crippen molar-refractivity contribution in [3.05, 3.63) is 58.9 Å². The Hall–Kier alpha value is -2.31. The first-order valence-corrected chi connectivity index (χ1v) is 9.39. The molecular formula is C20H24ClN3O3. The van der Waals surface area contributed by atoms with E-state index in [0.29, 0.717) is 18.1 Å². The standard InChI is InChI=1S/C20H24ClN3O3/c1-3-22(19(26)14-27-2)13-18(25)24-12-11-23-10-4-5-17(23)20(24)15-6-8-16(21)9-7-15/h4-10,20H,3,11-14H2,1-2H3. The van der Waals surface area contributed by atoms with Gasteiger partial charge in [0.1, 0.15) is 6.61 Å². The maximum absolute atomic E-state index is 13.1. The highest BCUT2D eigenvalue weighted by atomic mass is 35.5. The molecular weight excluding hydrogens is 366 g/mol. The average Bonchev–Trinajstić information content (AvgIpc) is 3.14. The van der Waals surface area contributed by atoms with Gasteiger partial charge in [-0.3, -0.25) is 9.59 Å². The first kappa shape index (κ1) is 19.5. The normalized spacial score (nSPS) is 16.1. The van der Waals surface area contributed by atoms with Gasteiger partial charge in [0.15, 0.2) is 0 Å². The highest BCUT2D eigenvalue weighted by Gasteiger charge is 2.33. The van der Waals surface area contributed by atoms with Gasteiger partial charge in [0, 0.05) is 43.7 Å². The third-order valence-electron chi connectivity index (χ3n) is 4.87. The van der Waals surface area contributed by atoms with Gasteiger partial charge < -0.3 is 19.1 Å². The summed E-state index contributed by atoms with van der Waals surface area (Å²) < 4.78 is 7.08. The fraction of sp³-hybridized carbons (Fsp3) is 0.400. The van der Waals surface area contributed by atoms with Crippen molar-refractivity contribution in [2.45, 2.75) is 19.5 Å². The molecule has 1 aliphatic rings. The van der Waals surface area contributed by atoms with Gasteiger partial charge in [0.25, 0.3) is 0 Å². The van der Waals surface area contributed by atoms with Crippen molar-refractivity contribution >= 4 is 23.4 Å². The maximum atomic E-state index is 13.1. The Labute approximate surface area is 164 Å². The molecule has 0 saturated heterocycles. The van der Waals surface area contributed by atoms with E-state index in [0.717, 1.165) is 17.8 Å². The van der Waals surface area contributed by atoms with E-state index >= 15 is 0 Å². The largest absolute Gasteiger partial charge is 0.375 e. The Morgan fingerprint density at radius 2 is 1.96 bits per heavy atom. The van der Waals surface area contributed by atoms with E-state index in [1.807, 2.05) is 54.4 Å². The summed E-state index contributed by atoms with van der Waals surface area (Å²) in [6.07, 6.45) is 2.03. The number of methoxy groups -OCH3 is 1. The smallest absolute Gasteiger partial charge is 0.249 e. The molecule has 1 aromatic heterocycles. The van der Waals surface area contributed by atoms with E-state index in [1.54, 1.807) is 0 Å². The number of benzene rings is 1. The number of likely N-dealkylation sites (N-methyl/N-ethyl adjacent to an activating group) is 1. The third kappa shape index (κ3) is 4.17. The number of halogens is 1. The van der Waals surface area contributed by atoms with Crippen molar-refractivity contribution in [3.63, 3.8) is 0 Å². The predicted molar refractivity (Wildman–Crippen MR) is 104 cm³/mol. The predicted octanol–water partition coefficient (Wildman–Crippen LogP) is 2.57. The first-order chi connectivity index (χ1) is 13.0. The molecule has 0 saturated carbocycles. The quantitative estimate of drug-likeness (QED) is 0.763. The Balaban J connectivity index is 1.87. The molecule has 0 bridgehead atoms. The van der Waals surface area contributed by atoms with Gasteiger partial charge in [-0.15, -0.1) is 0 Å². The molecule has 0 radical (unpaired) electrons. The lowest BCUT2D eigenvalue weighted by atomic mass is 10.00. The van der Waals surface area contributed by atoms with Crippen LogP contribution in [0.15, 0.2) is 42.6 Å². The SMILES string of the molecule is CCN(CC(=O)N1CCn2cccc2C1c1ccc(Cl)cc1)C(=O)COC. The molecule has 1 aliphatic heterocycles. The van der Waals surface area contributed by atoms with Gasteiger partial charge in [0.2, 0.25) is 11.8 Å². The van der Waals surface area contributed by atoms with Gasteiger partial charge in [-0.2, -0.15) is 0 Å². The molecule has 0 spiro atoms. The monoisotopic (exact) mass is 389 g/mol. The Bertz CT molecular complexity index is 803. The second-order valence-electron chi connectivity index (χ2n) is 6.51. The van der Waals surface area contributed by atoms with Crippen LogP contribution in [0.4, 0.5) is 0 Å². The van der Waals surface area contributed by atoms with Crippen LogP contribution in [0.25, 0.3) is 0 Å². The van der Waals surface area contributed by atoms with Crippen LogP contribution in [0.3, 0.4) is 0 Å². The first-order valence-electron chi connectivity index (χ1n) is 9.01. The Morgan fingerprint density at radius 3 is 2.63 bits per heavy atom. The van der Waals surface area contributed by atoms with Crippen molar-refractivity contribution < 1.29 is 14.3 Å². The van der Waals surface area contributed by atoms with E-state index in [-0.39, 0.29) is 31.0 Å². The summed E-state index contributed by atoms with van der Waals surface area (Å²) in [6, 6.07) is 11.4. The summed E-state index contributed by atoms with van der Waals surface area (Å²) in [7, 11) is 1.48. The van der Waals surface area contributed by atoms with Crippen molar-refractivity contribution in [1.29, 1.82) is 0 Å². The summed E-state index contributed by atoms with van der Waals surface area (Å²) in [5.74, 6) is -0.259. The lowest BCUT2D eigenvalue weighted by Crippen LogP contribution is -2.48. The molecule has 27 heavy (non-hydrogen) atoms. The summed E-state index contributed by atoms with van der Waals surface area (Å²) in [5, 5.41) is 0.658. The number of hydrogen-bond acceptors (Lipinski definition) is 3. The molecule has 0 N–H and O–H groups in total. The summed E-state index contributed by atoms with van der Waals surface area (Å²) in [5.41, 5.74) is 2.06. The van der Waals surface area contributed by atoms with Gasteiger partial charge in [-0.25, -0.2) is 0 Å². The van der Waals surface area contributed by atoms with Gasteiger partial charge in [-0.05, 0) is 36.8 Å². The number of rotatable bonds is 6. The van der Waals surface area contributed by atoms with Crippen molar-refractivity contribution in [2.24, 2.45) is 0 Å². The minimum atomic E-state index is -0.199. The molecule has 2 aromatic rings. The molecule has 1 aromatic carbocycles. The second-order valence-corrected chi connectivity index (χ2v) is 6.95. The lowest BCUT2D eigenvalue weighted by molar-refractivity contribution is -0.143. The van der Waals surface area contributed by atoms with Gasteiger partial charge in [-0.1, -0.05) is 23.7 Å². The zero-order valence-electron chi connectivity index (χ0n) is 15.6. The lowest BCUT2D eigenvalue weighted by Gasteiger charge is -2.38. The molecule has 6 nitrogen and oxygen atoms in total. The van der Waals surface area contributed by atoms with E-state index in [1.165, 1.54) is 12.0 Å². The van der Waals surface area contributed by atoms with Gasteiger partial charge in [0.05, 0.1) is 12.6 Å². The number of fused-ring (bicyclic) bond motifs is 1. The van der Waals surface area contributed by atoms with Gasteiger partial charge >= 0.3 is 0 Å². The highest BCUT2D eigenvalue weighted by molar-refractivity contribution is 6.30. The van der Waals surface area contributed by atoms with E-state index in [9.17, 15) is 9.59 Å². The second kappa shape index (κ2) is 8.59. The Kier molecular flexibility index (Phi) is 6.19. The summed E-state index contributed by atoms with van der Waals surface area (Å²) in [4.78, 5) is 28.6. The van der Waals surface area contributed by atoms with Crippen molar-refractivity contribution in [2.75, 3.05) is 33.4 Å². The topological polar surface area (TPSA) is 54.8 Å². The number of aromatic nitrogens is 1. The van der Waals surface area contributed by atoms with E-state index in [2.05, 4.69) is 4.57 Å². The van der Waals surface area contributed by atoms with Crippen LogP contribution in [0.5, 0.6) is 0 Å². The fourth-order valence-corrected chi connectivity index (χ4v) is 3.62. The molecule has 1 unspecified atom stereocenters. The molecule has 1 atom stereocenters. The molecule has 0 fully saturated rings. The van der Waals surface area contributed by atoms with Crippen LogP contribution in [-0.4, -0.2) is 59.5 Å². The van der Waals surface area contributed by atoms with Crippen LogP contribution >= 0.6 is 11.6 Å². The summed E-state index contributed by atoms with van der Waals surface area (Å²) in [6.45, 7) is 3.66. The van der Waals surface area contributed by atoms with E-state index in [4.69, 9.17) is 16.3 Å². The minimum Gasteiger partial charge on any atom is -0.375 e. The number of carbonyl (C=O) groups excluding carboxylic acids is 2. The van der Waals surface area contributed by atoms with Crippen molar-refractivity contribution in [1.82, 2.24) is 14.4 Å². The zero-order chi connectivity index (χ0) is 19.4. The number of nitrogens with zero attached hydrogens (tertiary/aromatic N) is 3. The highest BCUT2D eigenvalue weighted by Crippen LogP contribution is 2.33. The number of amides is 2. The molecule has 2 amide bonds. The molecule has 144 valence electrons. The number of ether oxygens (including phenoxy) is 1. The zero-order valence-corrected chi connectivity index (χ0v) is 16.4. The molecule has 2 heterocycles. The maximum Gasteiger partial charge on any atom is 0.249 e. The molecule has 3 rings (SSSR count). The number of hydrogen-bond donors (Lipinski definition) is 0. The average molecular weight is 390 g/mol. The molecule has 7 heteroatoms. The number of carbonyl (C=O) groups is 2. The van der Waals surface area contributed by atoms with Crippen LogP contribution in [-0.2, 0) is 20.9 Å². The van der Waals surface area contributed by atoms with Crippen LogP contribution in [0.2, 0.25) is 5.02 Å². The van der Waals surface area contributed by atoms with Crippen molar-refractivity contribution in [3.8, 4) is 0 Å². The Morgan fingerprint density at radius 1 is 1.22 bits per heavy atom. The third-order valence-corrected chi connectivity index (χ3v) is 5.12. The molecule has 0 aliphatic carbocycles. The minimum absolute atomic E-state index is 0.0232.